The molecular weight excluding hydrogens is 310 g/mol. The maximum absolute atomic E-state index is 13.0. The Morgan fingerprint density at radius 2 is 2.09 bits per heavy atom. The molecule has 1 heterocycles. The number of morpholine rings is 1. The average molecular weight is 328 g/mol. The molecule has 0 amide bonds. The molecule has 1 aromatic rings. The van der Waals surface area contributed by atoms with Gasteiger partial charge in [-0.3, -0.25) is 10.3 Å². The Labute approximate surface area is 133 Å². The minimum Gasteiger partial charge on any atom is -0.379 e. The summed E-state index contributed by atoms with van der Waals surface area (Å²) < 4.78 is 31.0. The summed E-state index contributed by atoms with van der Waals surface area (Å²) in [5.74, 6) is -1.79. The first-order valence-corrected chi connectivity index (χ1v) is 7.38. The fraction of sp³-hybridized carbons (Fsp3) is 0.429. The first-order valence-electron chi connectivity index (χ1n) is 6.97. The first kappa shape index (κ1) is 16.7. The van der Waals surface area contributed by atoms with Gasteiger partial charge >= 0.3 is 0 Å². The van der Waals surface area contributed by atoms with Crippen molar-refractivity contribution in [2.24, 2.45) is 5.10 Å². The molecule has 120 valence electrons. The third-order valence-corrected chi connectivity index (χ3v) is 3.38. The van der Waals surface area contributed by atoms with Gasteiger partial charge in [-0.2, -0.15) is 5.10 Å². The smallest absolute Gasteiger partial charge is 0.187 e. The second-order valence-electron chi connectivity index (χ2n) is 4.75. The van der Waals surface area contributed by atoms with Crippen LogP contribution in [0.25, 0.3) is 0 Å². The van der Waals surface area contributed by atoms with Crippen molar-refractivity contribution >= 4 is 23.5 Å². The molecular formula is C14H18F2N4OS. The van der Waals surface area contributed by atoms with E-state index in [9.17, 15) is 8.78 Å². The van der Waals surface area contributed by atoms with Crippen LogP contribution in [0.15, 0.2) is 23.3 Å². The van der Waals surface area contributed by atoms with Crippen LogP contribution in [-0.2, 0) is 4.74 Å². The van der Waals surface area contributed by atoms with Crippen LogP contribution in [0.2, 0.25) is 0 Å². The van der Waals surface area contributed by atoms with E-state index >= 15 is 0 Å². The maximum Gasteiger partial charge on any atom is 0.187 e. The highest BCUT2D eigenvalue weighted by Gasteiger charge is 2.09. The number of halogens is 2. The van der Waals surface area contributed by atoms with Gasteiger partial charge in [0.1, 0.15) is 0 Å². The highest BCUT2D eigenvalue weighted by molar-refractivity contribution is 7.80. The summed E-state index contributed by atoms with van der Waals surface area (Å²) in [7, 11) is 0. The molecule has 1 saturated heterocycles. The summed E-state index contributed by atoms with van der Waals surface area (Å²) in [6.45, 7) is 4.96. The van der Waals surface area contributed by atoms with Crippen molar-refractivity contribution in [3.05, 3.63) is 35.4 Å². The highest BCUT2D eigenvalue weighted by Crippen LogP contribution is 2.06. The van der Waals surface area contributed by atoms with Crippen LogP contribution >= 0.6 is 12.2 Å². The SMILES string of the molecule is Fc1ccc(/C=N/NC(=S)NCCN2CCOCC2)cc1F. The molecule has 8 heteroatoms. The molecule has 0 radical (unpaired) electrons. The van der Waals surface area contributed by atoms with Gasteiger partial charge in [-0.1, -0.05) is 6.07 Å². The van der Waals surface area contributed by atoms with Gasteiger partial charge in [-0.25, -0.2) is 8.78 Å². The van der Waals surface area contributed by atoms with E-state index in [4.69, 9.17) is 17.0 Å². The van der Waals surface area contributed by atoms with Crippen LogP contribution in [0.5, 0.6) is 0 Å². The van der Waals surface area contributed by atoms with E-state index in [1.54, 1.807) is 0 Å². The van der Waals surface area contributed by atoms with Crippen molar-refractivity contribution in [2.45, 2.75) is 0 Å². The number of hydrogen-bond donors (Lipinski definition) is 2. The van der Waals surface area contributed by atoms with Crippen molar-refractivity contribution < 1.29 is 13.5 Å². The van der Waals surface area contributed by atoms with Gasteiger partial charge in [0, 0.05) is 26.2 Å². The molecule has 1 aromatic carbocycles. The quantitative estimate of drug-likeness (QED) is 0.481. The number of thiocarbonyl (C=S) groups is 1. The maximum atomic E-state index is 13.0. The summed E-state index contributed by atoms with van der Waals surface area (Å²) >= 11 is 5.07. The van der Waals surface area contributed by atoms with Crippen molar-refractivity contribution in [3.63, 3.8) is 0 Å². The predicted molar refractivity (Wildman–Crippen MR) is 84.9 cm³/mol. The van der Waals surface area contributed by atoms with Gasteiger partial charge in [-0.15, -0.1) is 0 Å². The Morgan fingerprint density at radius 3 is 2.82 bits per heavy atom. The van der Waals surface area contributed by atoms with Gasteiger partial charge in [0.25, 0.3) is 0 Å². The van der Waals surface area contributed by atoms with Gasteiger partial charge in [0.15, 0.2) is 16.7 Å². The Hall–Kier alpha value is -1.64. The summed E-state index contributed by atoms with van der Waals surface area (Å²) in [6, 6.07) is 3.55. The molecule has 2 rings (SSSR count). The fourth-order valence-corrected chi connectivity index (χ4v) is 2.10. The van der Waals surface area contributed by atoms with Crippen LogP contribution in [0.1, 0.15) is 5.56 Å². The van der Waals surface area contributed by atoms with E-state index < -0.39 is 11.6 Å². The molecule has 0 atom stereocenters. The lowest BCUT2D eigenvalue weighted by Crippen LogP contribution is -2.42. The van der Waals surface area contributed by atoms with E-state index in [1.807, 2.05) is 0 Å². The number of ether oxygens (including phenoxy) is 1. The van der Waals surface area contributed by atoms with Crippen LogP contribution in [0.4, 0.5) is 8.78 Å². The molecule has 5 nitrogen and oxygen atoms in total. The second-order valence-corrected chi connectivity index (χ2v) is 5.16. The lowest BCUT2D eigenvalue weighted by atomic mass is 10.2. The van der Waals surface area contributed by atoms with Gasteiger partial charge < -0.3 is 10.1 Å². The minimum absolute atomic E-state index is 0.382. The number of hydrogen-bond acceptors (Lipinski definition) is 4. The van der Waals surface area contributed by atoms with Crippen molar-refractivity contribution in [2.75, 3.05) is 39.4 Å². The Balaban J connectivity index is 1.66. The van der Waals surface area contributed by atoms with Gasteiger partial charge in [0.05, 0.1) is 19.4 Å². The Kier molecular flexibility index (Phi) is 6.63. The molecule has 22 heavy (non-hydrogen) atoms. The van der Waals surface area contributed by atoms with E-state index in [0.717, 1.165) is 45.0 Å². The molecule has 0 unspecified atom stereocenters. The topological polar surface area (TPSA) is 48.9 Å². The van der Waals surface area contributed by atoms with E-state index in [1.165, 1.54) is 12.3 Å². The minimum atomic E-state index is -0.907. The zero-order valence-corrected chi connectivity index (χ0v) is 12.8. The molecule has 0 aromatic heterocycles. The highest BCUT2D eigenvalue weighted by atomic mass is 32.1. The lowest BCUT2D eigenvalue weighted by molar-refractivity contribution is 0.0389. The van der Waals surface area contributed by atoms with Crippen molar-refractivity contribution in [3.8, 4) is 0 Å². The van der Waals surface area contributed by atoms with Crippen molar-refractivity contribution in [1.29, 1.82) is 0 Å². The normalized spacial score (nSPS) is 15.9. The largest absolute Gasteiger partial charge is 0.379 e. The second kappa shape index (κ2) is 8.72. The first-order chi connectivity index (χ1) is 10.6. The number of nitrogens with one attached hydrogen (secondary N) is 2. The van der Waals surface area contributed by atoms with Crippen LogP contribution in [-0.4, -0.2) is 55.6 Å². The predicted octanol–water partition coefficient (Wildman–Crippen LogP) is 1.09. The summed E-state index contributed by atoms with van der Waals surface area (Å²) in [6.07, 6.45) is 1.37. The fourth-order valence-electron chi connectivity index (χ4n) is 1.95. The number of hydrazone groups is 1. The van der Waals surface area contributed by atoms with Gasteiger partial charge in [0.2, 0.25) is 0 Å². The Bertz CT molecular complexity index is 536. The van der Waals surface area contributed by atoms with Crippen LogP contribution < -0.4 is 10.7 Å². The van der Waals surface area contributed by atoms with Crippen molar-refractivity contribution in [1.82, 2.24) is 15.6 Å². The molecule has 1 aliphatic rings. The summed E-state index contributed by atoms with van der Waals surface area (Å²) in [5, 5.41) is 7.28. The molecule has 2 N–H and O–H groups in total. The third-order valence-electron chi connectivity index (χ3n) is 3.14. The molecule has 0 aliphatic carbocycles. The van der Waals surface area contributed by atoms with Crippen LogP contribution in [0.3, 0.4) is 0 Å². The summed E-state index contributed by atoms with van der Waals surface area (Å²) in [4.78, 5) is 2.28. The van der Waals surface area contributed by atoms with E-state index in [2.05, 4.69) is 20.7 Å². The monoisotopic (exact) mass is 328 g/mol. The lowest BCUT2D eigenvalue weighted by Gasteiger charge is -2.26. The van der Waals surface area contributed by atoms with Crippen LogP contribution in [0, 0.1) is 11.6 Å². The molecule has 0 bridgehead atoms. The standard InChI is InChI=1S/C14H18F2N4OS/c15-12-2-1-11(9-13(12)16)10-18-19-14(22)17-3-4-20-5-7-21-8-6-20/h1-2,9-10H,3-8H2,(H2,17,19,22)/b18-10+. The summed E-state index contributed by atoms with van der Waals surface area (Å²) in [5.41, 5.74) is 3.08. The Morgan fingerprint density at radius 1 is 1.32 bits per heavy atom. The zero-order chi connectivity index (χ0) is 15.8. The number of rotatable bonds is 5. The van der Waals surface area contributed by atoms with Gasteiger partial charge in [-0.05, 0) is 29.9 Å². The zero-order valence-electron chi connectivity index (χ0n) is 12.0. The molecule has 0 saturated carbocycles. The number of benzene rings is 1. The molecule has 1 aliphatic heterocycles. The third kappa shape index (κ3) is 5.63. The van der Waals surface area contributed by atoms with E-state index in [0.29, 0.717) is 17.2 Å². The number of nitrogens with zero attached hydrogens (tertiary/aromatic N) is 2. The molecule has 0 spiro atoms. The molecule has 1 fully saturated rings. The average Bonchev–Trinajstić information content (AvgIpc) is 2.52. The van der Waals surface area contributed by atoms with E-state index in [-0.39, 0.29) is 0 Å².